The standard InChI is InChI=1S/C22H24N2O4/c1-14-7-6-8-15(13-14)23-21(26)18-11-4-5-12-19(18)24-20(25)16-9-2-3-10-17(16)22(27)28/h4-8,11-13,16-17H,2-3,9-10H2,1H3,(H,23,26)(H,24,25)(H,27,28). The average molecular weight is 380 g/mol. The zero-order valence-electron chi connectivity index (χ0n) is 15.8. The third-order valence-electron chi connectivity index (χ3n) is 5.13. The van der Waals surface area contributed by atoms with E-state index in [2.05, 4.69) is 10.6 Å². The van der Waals surface area contributed by atoms with Crippen LogP contribution in [0.4, 0.5) is 11.4 Å². The normalized spacial score (nSPS) is 18.9. The second-order valence-corrected chi connectivity index (χ2v) is 7.19. The van der Waals surface area contributed by atoms with Crippen molar-refractivity contribution in [3.8, 4) is 0 Å². The Morgan fingerprint density at radius 1 is 0.929 bits per heavy atom. The summed E-state index contributed by atoms with van der Waals surface area (Å²) < 4.78 is 0. The summed E-state index contributed by atoms with van der Waals surface area (Å²) >= 11 is 0. The van der Waals surface area contributed by atoms with Crippen molar-refractivity contribution in [1.29, 1.82) is 0 Å². The number of para-hydroxylation sites is 1. The molecule has 2 aromatic carbocycles. The number of aliphatic carboxylic acids is 1. The molecule has 1 aliphatic rings. The van der Waals surface area contributed by atoms with E-state index in [1.165, 1.54) is 0 Å². The van der Waals surface area contributed by atoms with Gasteiger partial charge in [-0.15, -0.1) is 0 Å². The van der Waals surface area contributed by atoms with Crippen LogP contribution in [-0.4, -0.2) is 22.9 Å². The number of hydrogen-bond acceptors (Lipinski definition) is 3. The zero-order valence-corrected chi connectivity index (χ0v) is 15.8. The van der Waals surface area contributed by atoms with Gasteiger partial charge in [0.05, 0.1) is 23.1 Å². The first-order valence-corrected chi connectivity index (χ1v) is 9.46. The van der Waals surface area contributed by atoms with Gasteiger partial charge in [-0.25, -0.2) is 0 Å². The van der Waals surface area contributed by atoms with Crippen LogP contribution in [0, 0.1) is 18.8 Å². The fraction of sp³-hybridized carbons (Fsp3) is 0.318. The minimum absolute atomic E-state index is 0.333. The average Bonchev–Trinajstić information content (AvgIpc) is 2.68. The molecule has 0 aliphatic heterocycles. The molecule has 0 heterocycles. The van der Waals surface area contributed by atoms with Gasteiger partial charge in [0.15, 0.2) is 0 Å². The highest BCUT2D eigenvalue weighted by Gasteiger charge is 2.36. The Labute approximate surface area is 164 Å². The van der Waals surface area contributed by atoms with E-state index in [4.69, 9.17) is 0 Å². The van der Waals surface area contributed by atoms with Gasteiger partial charge < -0.3 is 15.7 Å². The monoisotopic (exact) mass is 380 g/mol. The first-order chi connectivity index (χ1) is 13.5. The molecule has 2 unspecified atom stereocenters. The molecule has 1 aliphatic carbocycles. The van der Waals surface area contributed by atoms with Crippen LogP contribution >= 0.6 is 0 Å². The summed E-state index contributed by atoms with van der Waals surface area (Å²) in [5.41, 5.74) is 2.41. The number of carbonyl (C=O) groups is 3. The highest BCUT2D eigenvalue weighted by molar-refractivity contribution is 6.10. The number of nitrogens with one attached hydrogen (secondary N) is 2. The van der Waals surface area contributed by atoms with E-state index in [1.54, 1.807) is 30.3 Å². The third kappa shape index (κ3) is 4.57. The van der Waals surface area contributed by atoms with Gasteiger partial charge in [0.1, 0.15) is 0 Å². The Bertz CT molecular complexity index is 894. The number of rotatable bonds is 5. The van der Waals surface area contributed by atoms with Crippen molar-refractivity contribution in [1.82, 2.24) is 0 Å². The maximum atomic E-state index is 12.8. The second-order valence-electron chi connectivity index (χ2n) is 7.19. The summed E-state index contributed by atoms with van der Waals surface area (Å²) in [6.07, 6.45) is 2.69. The molecule has 3 rings (SSSR count). The predicted octanol–water partition coefficient (Wildman–Crippen LogP) is 4.08. The number of carboxylic acids is 1. The molecule has 1 fully saturated rings. The molecule has 0 radical (unpaired) electrons. The van der Waals surface area contributed by atoms with Gasteiger partial charge in [-0.05, 0) is 49.6 Å². The molecule has 2 amide bonds. The van der Waals surface area contributed by atoms with E-state index in [9.17, 15) is 19.5 Å². The van der Waals surface area contributed by atoms with Gasteiger partial charge >= 0.3 is 5.97 Å². The number of anilines is 2. The van der Waals surface area contributed by atoms with Gasteiger partial charge in [-0.1, -0.05) is 37.1 Å². The first-order valence-electron chi connectivity index (χ1n) is 9.46. The Morgan fingerprint density at radius 3 is 2.36 bits per heavy atom. The Kier molecular flexibility index (Phi) is 6.09. The fourth-order valence-electron chi connectivity index (χ4n) is 3.68. The van der Waals surface area contributed by atoms with Crippen molar-refractivity contribution in [3.05, 3.63) is 59.7 Å². The lowest BCUT2D eigenvalue weighted by Crippen LogP contribution is -2.36. The van der Waals surface area contributed by atoms with Crippen molar-refractivity contribution < 1.29 is 19.5 Å². The van der Waals surface area contributed by atoms with Crippen molar-refractivity contribution in [2.24, 2.45) is 11.8 Å². The summed E-state index contributed by atoms with van der Waals surface area (Å²) in [5, 5.41) is 15.0. The molecule has 1 saturated carbocycles. The molecule has 2 aromatic rings. The van der Waals surface area contributed by atoms with Crippen LogP contribution < -0.4 is 10.6 Å². The van der Waals surface area contributed by atoms with Crippen LogP contribution in [-0.2, 0) is 9.59 Å². The van der Waals surface area contributed by atoms with Gasteiger partial charge in [0.2, 0.25) is 5.91 Å². The molecule has 0 bridgehead atoms. The highest BCUT2D eigenvalue weighted by Crippen LogP contribution is 2.31. The van der Waals surface area contributed by atoms with Crippen molar-refractivity contribution >= 4 is 29.2 Å². The van der Waals surface area contributed by atoms with E-state index in [0.717, 1.165) is 18.4 Å². The van der Waals surface area contributed by atoms with E-state index >= 15 is 0 Å². The lowest BCUT2D eigenvalue weighted by molar-refractivity contribution is -0.147. The fourth-order valence-corrected chi connectivity index (χ4v) is 3.68. The molecule has 0 spiro atoms. The number of carboxylic acid groups (broad SMARTS) is 1. The van der Waals surface area contributed by atoms with Crippen molar-refractivity contribution in [3.63, 3.8) is 0 Å². The first kappa shape index (κ1) is 19.6. The molecule has 28 heavy (non-hydrogen) atoms. The topological polar surface area (TPSA) is 95.5 Å². The number of benzene rings is 2. The minimum atomic E-state index is -0.940. The lowest BCUT2D eigenvalue weighted by atomic mass is 9.78. The van der Waals surface area contributed by atoms with E-state index in [1.807, 2.05) is 25.1 Å². The van der Waals surface area contributed by atoms with Crippen molar-refractivity contribution in [2.45, 2.75) is 32.6 Å². The largest absolute Gasteiger partial charge is 0.481 e. The summed E-state index contributed by atoms with van der Waals surface area (Å²) in [6, 6.07) is 14.2. The SMILES string of the molecule is Cc1cccc(NC(=O)c2ccccc2NC(=O)C2CCCCC2C(=O)O)c1. The van der Waals surface area contributed by atoms with Crippen molar-refractivity contribution in [2.75, 3.05) is 10.6 Å². The Hall–Kier alpha value is -3.15. The van der Waals surface area contributed by atoms with Gasteiger partial charge in [0.25, 0.3) is 5.91 Å². The van der Waals surface area contributed by atoms with Crippen LogP contribution in [0.1, 0.15) is 41.6 Å². The second kappa shape index (κ2) is 8.69. The summed E-state index contributed by atoms with van der Waals surface area (Å²) in [4.78, 5) is 37.0. The summed E-state index contributed by atoms with van der Waals surface area (Å²) in [5.74, 6) is -2.88. The number of amides is 2. The van der Waals surface area contributed by atoms with Gasteiger partial charge in [-0.3, -0.25) is 14.4 Å². The maximum Gasteiger partial charge on any atom is 0.307 e. The van der Waals surface area contributed by atoms with Crippen LogP contribution in [0.15, 0.2) is 48.5 Å². The van der Waals surface area contributed by atoms with Crippen LogP contribution in [0.2, 0.25) is 0 Å². The molecule has 0 aromatic heterocycles. The summed E-state index contributed by atoms with van der Waals surface area (Å²) in [7, 11) is 0. The molecular weight excluding hydrogens is 356 g/mol. The number of carbonyl (C=O) groups excluding carboxylic acids is 2. The van der Waals surface area contributed by atoms with E-state index in [0.29, 0.717) is 29.8 Å². The molecule has 2 atom stereocenters. The Morgan fingerprint density at radius 2 is 1.64 bits per heavy atom. The minimum Gasteiger partial charge on any atom is -0.481 e. The van der Waals surface area contributed by atoms with E-state index < -0.39 is 17.8 Å². The molecule has 6 heteroatoms. The predicted molar refractivity (Wildman–Crippen MR) is 107 cm³/mol. The van der Waals surface area contributed by atoms with Crippen LogP contribution in [0.3, 0.4) is 0 Å². The van der Waals surface area contributed by atoms with Gasteiger partial charge in [-0.2, -0.15) is 0 Å². The lowest BCUT2D eigenvalue weighted by Gasteiger charge is -2.27. The Balaban J connectivity index is 1.77. The quantitative estimate of drug-likeness (QED) is 0.728. The molecule has 3 N–H and O–H groups in total. The highest BCUT2D eigenvalue weighted by atomic mass is 16.4. The smallest absolute Gasteiger partial charge is 0.307 e. The van der Waals surface area contributed by atoms with Crippen LogP contribution in [0.5, 0.6) is 0 Å². The maximum absolute atomic E-state index is 12.8. The third-order valence-corrected chi connectivity index (χ3v) is 5.13. The molecule has 0 saturated heterocycles. The summed E-state index contributed by atoms with van der Waals surface area (Å²) in [6.45, 7) is 1.94. The number of aryl methyl sites for hydroxylation is 1. The number of hydrogen-bond donors (Lipinski definition) is 3. The molecule has 6 nitrogen and oxygen atoms in total. The molecule has 146 valence electrons. The molecular formula is C22H24N2O4. The zero-order chi connectivity index (χ0) is 20.1. The van der Waals surface area contributed by atoms with Gasteiger partial charge in [0, 0.05) is 5.69 Å². The van der Waals surface area contributed by atoms with E-state index in [-0.39, 0.29) is 11.8 Å². The van der Waals surface area contributed by atoms with Crippen LogP contribution in [0.25, 0.3) is 0 Å².